The van der Waals surface area contributed by atoms with Crippen molar-refractivity contribution in [3.63, 3.8) is 0 Å². The summed E-state index contributed by atoms with van der Waals surface area (Å²) in [6, 6.07) is 3.49. The molecular weight excluding hydrogens is 458 g/mol. The van der Waals surface area contributed by atoms with Gasteiger partial charge in [0.05, 0.1) is 34.2 Å². The number of thiazole rings is 1. The average molecular weight is 492 g/mol. The summed E-state index contributed by atoms with van der Waals surface area (Å²) in [5.74, 6) is 1.11. The van der Waals surface area contributed by atoms with Gasteiger partial charge in [-0.05, 0) is 13.1 Å². The molecule has 0 aliphatic carbocycles. The number of likely N-dealkylation sites (N-methyl/N-ethyl adjacent to an activating group) is 1. The van der Waals surface area contributed by atoms with E-state index in [1.54, 1.807) is 18.3 Å². The number of carbonyl (C=O) groups is 2. The van der Waals surface area contributed by atoms with Gasteiger partial charge in [0.2, 0.25) is 17.6 Å². The molecule has 2 N–H and O–H groups in total. The first-order chi connectivity index (χ1) is 16.4. The van der Waals surface area contributed by atoms with Crippen molar-refractivity contribution in [2.75, 3.05) is 73.0 Å². The van der Waals surface area contributed by atoms with Gasteiger partial charge in [0.25, 0.3) is 0 Å². The Morgan fingerprint density at radius 1 is 1.00 bits per heavy atom. The van der Waals surface area contributed by atoms with Gasteiger partial charge in [0, 0.05) is 55.9 Å². The number of piperazine rings is 1. The molecule has 34 heavy (non-hydrogen) atoms. The van der Waals surface area contributed by atoms with E-state index in [2.05, 4.69) is 32.5 Å². The lowest BCUT2D eigenvalue weighted by Crippen LogP contribution is -2.47. The smallest absolute Gasteiger partial charge is 0.230 e. The summed E-state index contributed by atoms with van der Waals surface area (Å²) < 4.78 is 16.1. The van der Waals surface area contributed by atoms with Crippen LogP contribution in [0.1, 0.15) is 10.4 Å². The van der Waals surface area contributed by atoms with Crippen molar-refractivity contribution in [2.45, 2.75) is 12.8 Å². The highest BCUT2D eigenvalue weighted by Gasteiger charge is 2.19. The van der Waals surface area contributed by atoms with Gasteiger partial charge in [-0.3, -0.25) is 14.5 Å². The lowest BCUT2D eigenvalue weighted by Gasteiger charge is -2.32. The molecule has 1 aromatic heterocycles. The molecule has 1 fully saturated rings. The van der Waals surface area contributed by atoms with Gasteiger partial charge in [0.15, 0.2) is 16.6 Å². The quantitative estimate of drug-likeness (QED) is 0.484. The molecule has 0 atom stereocenters. The third-order valence-corrected chi connectivity index (χ3v) is 6.53. The van der Waals surface area contributed by atoms with Crippen molar-refractivity contribution in [3.05, 3.63) is 28.8 Å². The van der Waals surface area contributed by atoms with Gasteiger partial charge in [-0.1, -0.05) is 6.07 Å². The van der Waals surface area contributed by atoms with Crippen molar-refractivity contribution in [3.8, 4) is 17.2 Å². The third-order valence-electron chi connectivity index (χ3n) is 5.62. The number of nitrogens with one attached hydrogen (secondary N) is 2. The van der Waals surface area contributed by atoms with E-state index < -0.39 is 0 Å². The second-order valence-electron chi connectivity index (χ2n) is 8.02. The van der Waals surface area contributed by atoms with E-state index in [9.17, 15) is 9.59 Å². The fourth-order valence-corrected chi connectivity index (χ4v) is 4.56. The largest absolute Gasteiger partial charge is 0.493 e. The van der Waals surface area contributed by atoms with Gasteiger partial charge in [-0.25, -0.2) is 4.98 Å². The number of carbonyl (C=O) groups excluding carboxylic acids is 2. The van der Waals surface area contributed by atoms with Gasteiger partial charge >= 0.3 is 0 Å². The molecular formula is C23H33N5O5S. The Labute approximate surface area is 204 Å². The minimum Gasteiger partial charge on any atom is -0.493 e. The molecule has 3 rings (SSSR count). The van der Waals surface area contributed by atoms with Crippen molar-refractivity contribution in [1.29, 1.82) is 0 Å². The zero-order chi connectivity index (χ0) is 24.5. The van der Waals surface area contributed by atoms with Crippen LogP contribution in [0.3, 0.4) is 0 Å². The number of nitrogens with zero attached hydrogens (tertiary/aromatic N) is 3. The van der Waals surface area contributed by atoms with Crippen LogP contribution in [0.15, 0.2) is 18.3 Å². The van der Waals surface area contributed by atoms with Crippen LogP contribution in [-0.2, 0) is 22.4 Å². The molecule has 11 heteroatoms. The van der Waals surface area contributed by atoms with E-state index in [1.165, 1.54) is 32.7 Å². The van der Waals surface area contributed by atoms with Crippen LogP contribution < -0.4 is 24.8 Å². The molecule has 1 aromatic carbocycles. The maximum Gasteiger partial charge on any atom is 0.230 e. The third kappa shape index (κ3) is 7.05. The number of methoxy groups -OCH3 is 3. The van der Waals surface area contributed by atoms with Crippen LogP contribution >= 0.6 is 11.3 Å². The fourth-order valence-electron chi connectivity index (χ4n) is 3.73. The van der Waals surface area contributed by atoms with Crippen LogP contribution in [0.2, 0.25) is 0 Å². The number of amides is 2. The zero-order valence-electron chi connectivity index (χ0n) is 20.2. The highest BCUT2D eigenvalue weighted by molar-refractivity contribution is 7.15. The molecule has 0 unspecified atom stereocenters. The highest BCUT2D eigenvalue weighted by atomic mass is 32.1. The Balaban J connectivity index is 1.47. The standard InChI is InChI=1S/C23H33N5O5S/c1-27-9-11-28(12-10-27)8-7-24-19(29)14-17-15-25-23(34-17)26-20(30)13-16-5-6-18(31-2)22(33-4)21(16)32-3/h5-6,15H,7-14H2,1-4H3,(H,24,29)(H,25,26,30). The molecule has 0 saturated carbocycles. The van der Waals surface area contributed by atoms with Crippen molar-refractivity contribution in [1.82, 2.24) is 20.1 Å². The number of hydrogen-bond acceptors (Lipinski definition) is 9. The predicted octanol–water partition coefficient (Wildman–Crippen LogP) is 1.26. The molecule has 1 saturated heterocycles. The Hall–Kier alpha value is -2.89. The number of aromatic nitrogens is 1. The lowest BCUT2D eigenvalue weighted by molar-refractivity contribution is -0.120. The minimum atomic E-state index is -0.247. The normalized spacial score (nSPS) is 14.5. The second-order valence-corrected chi connectivity index (χ2v) is 9.14. The summed E-state index contributed by atoms with van der Waals surface area (Å²) in [7, 11) is 6.70. The van der Waals surface area contributed by atoms with E-state index in [0.29, 0.717) is 34.5 Å². The summed E-state index contributed by atoms with van der Waals surface area (Å²) in [5, 5.41) is 6.20. The number of benzene rings is 1. The summed E-state index contributed by atoms with van der Waals surface area (Å²) in [6.45, 7) is 5.64. The minimum absolute atomic E-state index is 0.0503. The Morgan fingerprint density at radius 2 is 1.74 bits per heavy atom. The highest BCUT2D eigenvalue weighted by Crippen LogP contribution is 2.40. The second kappa shape index (κ2) is 12.5. The summed E-state index contributed by atoms with van der Waals surface area (Å²) >= 11 is 1.29. The van der Waals surface area contributed by atoms with Crippen molar-refractivity contribution < 1.29 is 23.8 Å². The topological polar surface area (TPSA) is 105 Å². The molecule has 2 heterocycles. The van der Waals surface area contributed by atoms with Crippen LogP contribution in [0.4, 0.5) is 5.13 Å². The maximum absolute atomic E-state index is 12.6. The average Bonchev–Trinajstić information content (AvgIpc) is 3.26. The molecule has 1 aliphatic heterocycles. The van der Waals surface area contributed by atoms with Crippen LogP contribution in [-0.4, -0.2) is 94.2 Å². The van der Waals surface area contributed by atoms with E-state index in [4.69, 9.17) is 14.2 Å². The summed E-state index contributed by atoms with van der Waals surface area (Å²) in [4.78, 5) is 34.5. The first-order valence-corrected chi connectivity index (χ1v) is 11.9. The summed E-state index contributed by atoms with van der Waals surface area (Å²) in [5.41, 5.74) is 0.661. The number of rotatable bonds is 11. The molecule has 1 aliphatic rings. The van der Waals surface area contributed by atoms with Gasteiger partial charge in [-0.2, -0.15) is 0 Å². The number of hydrogen-bond donors (Lipinski definition) is 2. The van der Waals surface area contributed by atoms with E-state index in [0.717, 1.165) is 37.6 Å². The maximum atomic E-state index is 12.6. The van der Waals surface area contributed by atoms with E-state index >= 15 is 0 Å². The van der Waals surface area contributed by atoms with Crippen LogP contribution in [0.25, 0.3) is 0 Å². The van der Waals surface area contributed by atoms with Crippen molar-refractivity contribution >= 4 is 28.3 Å². The van der Waals surface area contributed by atoms with Crippen molar-refractivity contribution in [2.24, 2.45) is 0 Å². The van der Waals surface area contributed by atoms with E-state index in [-0.39, 0.29) is 24.7 Å². The molecule has 2 amide bonds. The fraction of sp³-hybridized carbons (Fsp3) is 0.522. The Bertz CT molecular complexity index is 975. The number of ether oxygens (including phenoxy) is 3. The first-order valence-electron chi connectivity index (χ1n) is 11.1. The van der Waals surface area contributed by atoms with E-state index in [1.807, 2.05) is 0 Å². The van der Waals surface area contributed by atoms with Crippen LogP contribution in [0, 0.1) is 0 Å². The van der Waals surface area contributed by atoms with Crippen LogP contribution in [0.5, 0.6) is 17.2 Å². The molecule has 2 aromatic rings. The monoisotopic (exact) mass is 491 g/mol. The first kappa shape index (κ1) is 25.7. The molecule has 0 radical (unpaired) electrons. The van der Waals surface area contributed by atoms with Gasteiger partial charge in [0.1, 0.15) is 0 Å². The lowest BCUT2D eigenvalue weighted by atomic mass is 10.1. The molecule has 10 nitrogen and oxygen atoms in total. The molecule has 186 valence electrons. The predicted molar refractivity (Wildman–Crippen MR) is 131 cm³/mol. The molecule has 0 spiro atoms. The van der Waals surface area contributed by atoms with Gasteiger partial charge in [-0.15, -0.1) is 11.3 Å². The SMILES string of the molecule is COc1ccc(CC(=O)Nc2ncc(CC(=O)NCCN3CCN(C)CC3)s2)c(OC)c1OC. The number of anilines is 1. The zero-order valence-corrected chi connectivity index (χ0v) is 21.0. The van der Waals surface area contributed by atoms with Gasteiger partial charge < -0.3 is 29.7 Å². The summed E-state index contributed by atoms with van der Waals surface area (Å²) in [6.07, 6.45) is 1.93. The Kier molecular flexibility index (Phi) is 9.49. The Morgan fingerprint density at radius 3 is 2.41 bits per heavy atom. The molecule has 0 bridgehead atoms.